The average molecular weight is 472 g/mol. The zero-order valence-electron chi connectivity index (χ0n) is 17.5. The van der Waals surface area contributed by atoms with Crippen LogP contribution in [0.15, 0.2) is 47.4 Å². The lowest BCUT2D eigenvalue weighted by molar-refractivity contribution is -0.139. The van der Waals surface area contributed by atoms with Crippen LogP contribution < -0.4 is 14.8 Å². The molecule has 1 amide bonds. The van der Waals surface area contributed by atoms with Crippen LogP contribution in [0.4, 0.5) is 18.9 Å². The van der Waals surface area contributed by atoms with Gasteiger partial charge in [-0.15, -0.1) is 0 Å². The number of sulfonamides is 1. The van der Waals surface area contributed by atoms with Gasteiger partial charge in [0.25, 0.3) is 0 Å². The number of hydrogen-bond donors (Lipinski definition) is 1. The number of rotatable bonds is 6. The van der Waals surface area contributed by atoms with Crippen molar-refractivity contribution in [3.63, 3.8) is 0 Å². The van der Waals surface area contributed by atoms with Gasteiger partial charge in [0.2, 0.25) is 15.9 Å². The first-order chi connectivity index (χ1) is 15.1. The number of amides is 1. The standard InChI is InChI=1S/C21H23F3N2O5S/c1-30-15-7-8-17(18(13-15)31-2)25-20(27)14-9-11-26(12-10-14)32(28,29)19-6-4-3-5-16(19)21(22,23)24/h3-8,13-14H,9-12H2,1-2H3,(H,25,27). The van der Waals surface area contributed by atoms with Gasteiger partial charge in [-0.3, -0.25) is 4.79 Å². The number of ether oxygens (including phenoxy) is 2. The summed E-state index contributed by atoms with van der Waals surface area (Å²) in [6.07, 6.45) is -4.44. The highest BCUT2D eigenvalue weighted by atomic mass is 32.2. The van der Waals surface area contributed by atoms with Gasteiger partial charge >= 0.3 is 6.18 Å². The van der Waals surface area contributed by atoms with Gasteiger partial charge in [0.15, 0.2) is 0 Å². The Kier molecular flexibility index (Phi) is 6.99. The molecule has 1 aliphatic heterocycles. The molecule has 0 aromatic heterocycles. The molecule has 1 saturated heterocycles. The molecule has 1 fully saturated rings. The Morgan fingerprint density at radius 1 is 1.06 bits per heavy atom. The molecule has 0 bridgehead atoms. The minimum Gasteiger partial charge on any atom is -0.497 e. The van der Waals surface area contributed by atoms with E-state index in [9.17, 15) is 26.4 Å². The predicted octanol–water partition coefficient (Wildman–Crippen LogP) is 3.76. The first kappa shape index (κ1) is 23.9. The minimum atomic E-state index is -4.79. The van der Waals surface area contributed by atoms with E-state index in [1.807, 2.05) is 0 Å². The Morgan fingerprint density at radius 2 is 1.72 bits per heavy atom. The number of anilines is 1. The minimum absolute atomic E-state index is 0.0631. The zero-order chi connectivity index (χ0) is 23.5. The molecule has 1 N–H and O–H groups in total. The van der Waals surface area contributed by atoms with Gasteiger partial charge < -0.3 is 14.8 Å². The second-order valence-electron chi connectivity index (χ2n) is 7.23. The van der Waals surface area contributed by atoms with Crippen LogP contribution in [0, 0.1) is 5.92 Å². The maximum absolute atomic E-state index is 13.3. The third-order valence-electron chi connectivity index (χ3n) is 5.30. The van der Waals surface area contributed by atoms with Crippen molar-refractivity contribution in [2.75, 3.05) is 32.6 Å². The molecule has 7 nitrogen and oxygen atoms in total. The Hall–Kier alpha value is -2.79. The van der Waals surface area contributed by atoms with Crippen molar-refractivity contribution in [3.8, 4) is 11.5 Å². The van der Waals surface area contributed by atoms with Crippen LogP contribution >= 0.6 is 0 Å². The Bertz CT molecular complexity index is 1080. The number of hydrogen-bond acceptors (Lipinski definition) is 5. The highest BCUT2D eigenvalue weighted by molar-refractivity contribution is 7.89. The molecular weight excluding hydrogens is 449 g/mol. The number of nitrogens with one attached hydrogen (secondary N) is 1. The number of piperidine rings is 1. The van der Waals surface area contributed by atoms with Crippen LogP contribution in [-0.4, -0.2) is 45.9 Å². The van der Waals surface area contributed by atoms with Crippen molar-refractivity contribution in [1.29, 1.82) is 0 Å². The summed E-state index contributed by atoms with van der Waals surface area (Å²) in [5.41, 5.74) is -0.765. The number of benzene rings is 2. The molecule has 174 valence electrons. The molecule has 11 heteroatoms. The number of alkyl halides is 3. The highest BCUT2D eigenvalue weighted by Gasteiger charge is 2.40. The van der Waals surface area contributed by atoms with E-state index in [1.54, 1.807) is 18.2 Å². The Labute approximate surface area is 184 Å². The molecule has 0 spiro atoms. The second kappa shape index (κ2) is 9.37. The Morgan fingerprint density at radius 3 is 2.31 bits per heavy atom. The zero-order valence-corrected chi connectivity index (χ0v) is 18.3. The van der Waals surface area contributed by atoms with E-state index >= 15 is 0 Å². The fraction of sp³-hybridized carbons (Fsp3) is 0.381. The largest absolute Gasteiger partial charge is 0.497 e. The fourth-order valence-corrected chi connectivity index (χ4v) is 5.24. The molecular formula is C21H23F3N2O5S. The van der Waals surface area contributed by atoms with Crippen molar-refractivity contribution in [2.45, 2.75) is 23.9 Å². The number of nitrogens with zero attached hydrogens (tertiary/aromatic N) is 1. The maximum Gasteiger partial charge on any atom is 0.417 e. The van der Waals surface area contributed by atoms with Crippen LogP contribution in [0.1, 0.15) is 18.4 Å². The summed E-state index contributed by atoms with van der Waals surface area (Å²) in [5.74, 6) is 0.145. The first-order valence-corrected chi connectivity index (χ1v) is 11.2. The molecule has 0 saturated carbocycles. The maximum atomic E-state index is 13.3. The predicted molar refractivity (Wildman–Crippen MR) is 111 cm³/mol. The molecule has 2 aromatic carbocycles. The lowest BCUT2D eigenvalue weighted by atomic mass is 9.97. The smallest absolute Gasteiger partial charge is 0.417 e. The van der Waals surface area contributed by atoms with Crippen molar-refractivity contribution < 1.29 is 35.9 Å². The number of halogens is 3. The van der Waals surface area contributed by atoms with Crippen molar-refractivity contribution in [2.24, 2.45) is 5.92 Å². The van der Waals surface area contributed by atoms with Crippen LogP contribution in [0.5, 0.6) is 11.5 Å². The molecule has 0 radical (unpaired) electrons. The Balaban J connectivity index is 1.70. The lowest BCUT2D eigenvalue weighted by Gasteiger charge is -2.31. The lowest BCUT2D eigenvalue weighted by Crippen LogP contribution is -2.41. The SMILES string of the molecule is COc1ccc(NC(=O)C2CCN(S(=O)(=O)c3ccccc3C(F)(F)F)CC2)c(OC)c1. The summed E-state index contributed by atoms with van der Waals surface area (Å²) in [4.78, 5) is 11.9. The van der Waals surface area contributed by atoms with Gasteiger partial charge in [-0.1, -0.05) is 12.1 Å². The topological polar surface area (TPSA) is 84.9 Å². The monoisotopic (exact) mass is 472 g/mol. The highest BCUT2D eigenvalue weighted by Crippen LogP contribution is 2.36. The summed E-state index contributed by atoms with van der Waals surface area (Å²) >= 11 is 0. The third kappa shape index (κ3) is 4.99. The number of carbonyl (C=O) groups excluding carboxylic acids is 1. The molecule has 1 aliphatic rings. The third-order valence-corrected chi connectivity index (χ3v) is 7.26. The first-order valence-electron chi connectivity index (χ1n) is 9.77. The summed E-state index contributed by atoms with van der Waals surface area (Å²) in [6.45, 7) is -0.126. The molecule has 3 rings (SSSR count). The van der Waals surface area contributed by atoms with E-state index < -0.39 is 32.6 Å². The van der Waals surface area contributed by atoms with E-state index in [4.69, 9.17) is 9.47 Å². The summed E-state index contributed by atoms with van der Waals surface area (Å²) in [5, 5.41) is 2.76. The van der Waals surface area contributed by atoms with Gasteiger partial charge in [-0.25, -0.2) is 8.42 Å². The number of carbonyl (C=O) groups is 1. The van der Waals surface area contributed by atoms with E-state index in [0.29, 0.717) is 17.2 Å². The van der Waals surface area contributed by atoms with Crippen LogP contribution in [-0.2, 0) is 21.0 Å². The second-order valence-corrected chi connectivity index (χ2v) is 9.13. The van der Waals surface area contributed by atoms with Gasteiger partial charge in [-0.05, 0) is 37.1 Å². The summed E-state index contributed by atoms with van der Waals surface area (Å²) in [7, 11) is -1.40. The summed E-state index contributed by atoms with van der Waals surface area (Å²) in [6, 6.07) is 9.00. The van der Waals surface area contributed by atoms with Gasteiger partial charge in [0.05, 0.1) is 30.4 Å². The molecule has 0 atom stereocenters. The average Bonchev–Trinajstić information content (AvgIpc) is 2.78. The van der Waals surface area contributed by atoms with E-state index in [2.05, 4.69) is 5.32 Å². The van der Waals surface area contributed by atoms with E-state index in [-0.39, 0.29) is 31.8 Å². The van der Waals surface area contributed by atoms with Crippen molar-refractivity contribution in [3.05, 3.63) is 48.0 Å². The molecule has 0 aliphatic carbocycles. The van der Waals surface area contributed by atoms with Crippen LogP contribution in [0.2, 0.25) is 0 Å². The quantitative estimate of drug-likeness (QED) is 0.692. The normalized spacial score (nSPS) is 15.9. The molecule has 2 aromatic rings. The van der Waals surface area contributed by atoms with Crippen LogP contribution in [0.3, 0.4) is 0 Å². The van der Waals surface area contributed by atoms with E-state index in [1.165, 1.54) is 20.3 Å². The van der Waals surface area contributed by atoms with Gasteiger partial charge in [-0.2, -0.15) is 17.5 Å². The van der Waals surface area contributed by atoms with Gasteiger partial charge in [0, 0.05) is 25.1 Å². The van der Waals surface area contributed by atoms with Crippen molar-refractivity contribution >= 4 is 21.6 Å². The number of methoxy groups -OCH3 is 2. The van der Waals surface area contributed by atoms with Crippen molar-refractivity contribution in [1.82, 2.24) is 4.31 Å². The van der Waals surface area contributed by atoms with E-state index in [0.717, 1.165) is 22.5 Å². The fourth-order valence-electron chi connectivity index (χ4n) is 3.56. The molecule has 1 heterocycles. The molecule has 32 heavy (non-hydrogen) atoms. The van der Waals surface area contributed by atoms with Crippen LogP contribution in [0.25, 0.3) is 0 Å². The summed E-state index contributed by atoms with van der Waals surface area (Å²) < 4.78 is 76.9. The van der Waals surface area contributed by atoms with Gasteiger partial charge in [0.1, 0.15) is 11.5 Å². The molecule has 0 unspecified atom stereocenters.